The second-order valence-electron chi connectivity index (χ2n) is 5.07. The van der Waals surface area contributed by atoms with Crippen LogP contribution in [0.25, 0.3) is 0 Å². The molecule has 96 valence electrons. The molecule has 2 heterocycles. The number of likely N-dealkylation sites (tertiary alicyclic amines) is 1. The monoisotopic (exact) mass is 236 g/mol. The van der Waals surface area contributed by atoms with Crippen LogP contribution in [0.2, 0.25) is 0 Å². The molecule has 0 radical (unpaired) electrons. The number of aryl methyl sites for hydroxylation is 1. The van der Waals surface area contributed by atoms with Gasteiger partial charge in [0.1, 0.15) is 0 Å². The Morgan fingerprint density at radius 1 is 1.41 bits per heavy atom. The fourth-order valence-corrected chi connectivity index (χ4v) is 2.44. The highest BCUT2D eigenvalue weighted by atomic mass is 15.2. The van der Waals surface area contributed by atoms with Crippen LogP contribution in [0, 0.1) is 6.92 Å². The van der Waals surface area contributed by atoms with Gasteiger partial charge in [0.25, 0.3) is 0 Å². The Balaban J connectivity index is 2.08. The molecule has 0 saturated carbocycles. The molecular weight excluding hydrogens is 212 g/mol. The van der Waals surface area contributed by atoms with Crippen LogP contribution in [0.4, 0.5) is 5.95 Å². The van der Waals surface area contributed by atoms with Crippen LogP contribution in [0.1, 0.15) is 37.9 Å². The van der Waals surface area contributed by atoms with E-state index in [1.54, 1.807) is 0 Å². The van der Waals surface area contributed by atoms with E-state index in [4.69, 9.17) is 0 Å². The van der Waals surface area contributed by atoms with Crippen LogP contribution in [-0.2, 0) is 0 Å². The van der Waals surface area contributed by atoms with Crippen molar-refractivity contribution in [2.45, 2.75) is 39.2 Å². The van der Waals surface area contributed by atoms with Gasteiger partial charge < -0.3 is 14.8 Å². The van der Waals surface area contributed by atoms with Crippen LogP contribution >= 0.6 is 0 Å². The molecule has 0 unspecified atom stereocenters. The first-order valence-electron chi connectivity index (χ1n) is 6.68. The molecule has 4 nitrogen and oxygen atoms in total. The minimum Gasteiger partial charge on any atom is -0.356 e. The zero-order chi connectivity index (χ0) is 12.3. The lowest BCUT2D eigenvalue weighted by Gasteiger charge is -2.30. The van der Waals surface area contributed by atoms with Crippen LogP contribution in [0.3, 0.4) is 0 Å². The molecule has 0 amide bonds. The van der Waals surface area contributed by atoms with Crippen LogP contribution in [0.15, 0.2) is 6.20 Å². The molecule has 1 fully saturated rings. The Bertz CT molecular complexity index is 350. The molecule has 0 aromatic carbocycles. The third-order valence-electron chi connectivity index (χ3n) is 3.47. The number of nitrogens with one attached hydrogen (secondary N) is 1. The van der Waals surface area contributed by atoms with Gasteiger partial charge >= 0.3 is 0 Å². The van der Waals surface area contributed by atoms with Gasteiger partial charge in [0.2, 0.25) is 5.95 Å². The molecule has 1 aliphatic heterocycles. The summed E-state index contributed by atoms with van der Waals surface area (Å²) < 4.78 is 2.35. The average molecular weight is 236 g/mol. The van der Waals surface area contributed by atoms with Crippen molar-refractivity contribution in [1.82, 2.24) is 14.5 Å². The number of piperidine rings is 1. The first kappa shape index (κ1) is 12.4. The maximum atomic E-state index is 4.58. The summed E-state index contributed by atoms with van der Waals surface area (Å²) in [5, 5.41) is 3.43. The number of nitrogens with zero attached hydrogens (tertiary/aromatic N) is 3. The van der Waals surface area contributed by atoms with Crippen molar-refractivity contribution in [3.8, 4) is 0 Å². The first-order chi connectivity index (χ1) is 8.20. The lowest BCUT2D eigenvalue weighted by Crippen LogP contribution is -2.31. The fourth-order valence-electron chi connectivity index (χ4n) is 2.44. The Morgan fingerprint density at radius 3 is 2.76 bits per heavy atom. The smallest absolute Gasteiger partial charge is 0.203 e. The second-order valence-corrected chi connectivity index (χ2v) is 5.07. The highest BCUT2D eigenvalue weighted by Gasteiger charge is 2.20. The molecule has 0 atom stereocenters. The largest absolute Gasteiger partial charge is 0.356 e. The number of hydrogen-bond donors (Lipinski definition) is 1. The summed E-state index contributed by atoms with van der Waals surface area (Å²) in [4.78, 5) is 6.98. The first-order valence-corrected chi connectivity index (χ1v) is 6.68. The summed E-state index contributed by atoms with van der Waals surface area (Å²) in [6.07, 6.45) is 5.79. The zero-order valence-electron chi connectivity index (χ0n) is 11.2. The summed E-state index contributed by atoms with van der Waals surface area (Å²) in [5.74, 6) is 1.05. The lowest BCUT2D eigenvalue weighted by molar-refractivity contribution is 0.222. The van der Waals surface area contributed by atoms with Crippen molar-refractivity contribution in [3.05, 3.63) is 11.9 Å². The quantitative estimate of drug-likeness (QED) is 0.870. The highest BCUT2D eigenvalue weighted by molar-refractivity contribution is 5.29. The van der Waals surface area contributed by atoms with E-state index in [9.17, 15) is 0 Å². The summed E-state index contributed by atoms with van der Waals surface area (Å²) in [6.45, 7) is 7.64. The zero-order valence-corrected chi connectivity index (χ0v) is 11.2. The van der Waals surface area contributed by atoms with E-state index in [2.05, 4.69) is 46.9 Å². The molecule has 1 N–H and O–H groups in total. The van der Waals surface area contributed by atoms with E-state index in [1.165, 1.54) is 25.9 Å². The molecule has 0 aliphatic carbocycles. The van der Waals surface area contributed by atoms with Crippen LogP contribution < -0.4 is 5.32 Å². The van der Waals surface area contributed by atoms with Crippen LogP contribution in [-0.4, -0.2) is 41.1 Å². The van der Waals surface area contributed by atoms with Gasteiger partial charge in [-0.25, -0.2) is 4.98 Å². The van der Waals surface area contributed by atoms with Gasteiger partial charge in [-0.3, -0.25) is 0 Å². The fraction of sp³-hybridized carbons (Fsp3) is 0.769. The lowest BCUT2D eigenvalue weighted by atomic mass is 10.1. The summed E-state index contributed by atoms with van der Waals surface area (Å²) in [6, 6.07) is 0.617. The van der Waals surface area contributed by atoms with E-state index >= 15 is 0 Å². The van der Waals surface area contributed by atoms with E-state index < -0.39 is 0 Å². The number of hydrogen-bond acceptors (Lipinski definition) is 3. The molecule has 0 spiro atoms. The Kier molecular flexibility index (Phi) is 4.05. The maximum Gasteiger partial charge on any atom is 0.203 e. The van der Waals surface area contributed by atoms with Gasteiger partial charge in [-0.2, -0.15) is 0 Å². The molecule has 4 heteroatoms. The molecule has 1 aromatic rings. The topological polar surface area (TPSA) is 33.1 Å². The number of rotatable bonds is 4. The van der Waals surface area contributed by atoms with Gasteiger partial charge in [-0.05, 0) is 46.3 Å². The van der Waals surface area contributed by atoms with Crippen molar-refractivity contribution < 1.29 is 0 Å². The Hall–Kier alpha value is -1.03. The minimum atomic E-state index is 0.617. The minimum absolute atomic E-state index is 0.617. The second kappa shape index (κ2) is 5.54. The highest BCUT2D eigenvalue weighted by Crippen LogP contribution is 2.25. The molecule has 1 aromatic heterocycles. The van der Waals surface area contributed by atoms with Crippen molar-refractivity contribution >= 4 is 5.95 Å². The molecule has 1 saturated heterocycles. The SMILES string of the molecule is CCCNc1nc(C)cn1C1CCN(C)CC1. The molecular formula is C13H24N4. The van der Waals surface area contributed by atoms with Crippen LogP contribution in [0.5, 0.6) is 0 Å². The molecule has 2 rings (SSSR count). The van der Waals surface area contributed by atoms with Crippen molar-refractivity contribution in [2.24, 2.45) is 0 Å². The number of aromatic nitrogens is 2. The maximum absolute atomic E-state index is 4.58. The number of anilines is 1. The summed E-state index contributed by atoms with van der Waals surface area (Å²) in [7, 11) is 2.20. The Morgan fingerprint density at radius 2 is 2.12 bits per heavy atom. The predicted octanol–water partition coefficient (Wildman–Crippen LogP) is 2.28. The third-order valence-corrected chi connectivity index (χ3v) is 3.47. The van der Waals surface area contributed by atoms with Gasteiger partial charge in [-0.1, -0.05) is 6.92 Å². The summed E-state index contributed by atoms with van der Waals surface area (Å²) >= 11 is 0. The van der Waals surface area contributed by atoms with Gasteiger partial charge in [-0.15, -0.1) is 0 Å². The van der Waals surface area contributed by atoms with Gasteiger partial charge in [0, 0.05) is 18.8 Å². The van der Waals surface area contributed by atoms with Crippen molar-refractivity contribution in [2.75, 3.05) is 32.0 Å². The standard InChI is InChI=1S/C13H24N4/c1-4-7-14-13-15-11(2)10-17(13)12-5-8-16(3)9-6-12/h10,12H,4-9H2,1-3H3,(H,14,15). The van der Waals surface area contributed by atoms with Gasteiger partial charge in [0.15, 0.2) is 0 Å². The molecule has 1 aliphatic rings. The van der Waals surface area contributed by atoms with Crippen molar-refractivity contribution in [3.63, 3.8) is 0 Å². The predicted molar refractivity (Wildman–Crippen MR) is 71.5 cm³/mol. The van der Waals surface area contributed by atoms with E-state index in [0.717, 1.165) is 24.6 Å². The van der Waals surface area contributed by atoms with E-state index in [0.29, 0.717) is 6.04 Å². The van der Waals surface area contributed by atoms with E-state index in [1.807, 2.05) is 0 Å². The molecule has 0 bridgehead atoms. The summed E-state index contributed by atoms with van der Waals surface area (Å²) in [5.41, 5.74) is 1.11. The average Bonchev–Trinajstić information content (AvgIpc) is 2.69. The molecule has 17 heavy (non-hydrogen) atoms. The Labute approximate surface area is 104 Å². The van der Waals surface area contributed by atoms with E-state index in [-0.39, 0.29) is 0 Å². The third kappa shape index (κ3) is 3.00. The van der Waals surface area contributed by atoms with Crippen molar-refractivity contribution in [1.29, 1.82) is 0 Å². The normalized spacial score (nSPS) is 18.5. The van der Waals surface area contributed by atoms with Gasteiger partial charge in [0.05, 0.1) is 5.69 Å². The number of imidazole rings is 1.